The number of aromatic nitrogens is 2. The van der Waals surface area contributed by atoms with Gasteiger partial charge in [0.1, 0.15) is 11.5 Å². The highest BCUT2D eigenvalue weighted by atomic mass is 19.1. The van der Waals surface area contributed by atoms with E-state index >= 15 is 0 Å². The molecule has 6 heteroatoms. The van der Waals surface area contributed by atoms with Crippen LogP contribution in [0.5, 0.6) is 0 Å². The minimum Gasteiger partial charge on any atom is -0.386 e. The molecule has 118 valence electrons. The topological polar surface area (TPSA) is 78.0 Å². The fourth-order valence-corrected chi connectivity index (χ4v) is 2.46. The summed E-state index contributed by atoms with van der Waals surface area (Å²) in [4.78, 5) is 19.2. The molecule has 0 saturated heterocycles. The number of carbonyl (C=O) groups is 1. The third-order valence-electron chi connectivity index (χ3n) is 3.64. The van der Waals surface area contributed by atoms with Gasteiger partial charge in [-0.1, -0.05) is 18.2 Å². The molecule has 0 radical (unpaired) electrons. The zero-order valence-electron chi connectivity index (χ0n) is 12.3. The number of amides is 1. The number of aliphatic hydroxyl groups excluding tert-OH is 1. The first kappa shape index (κ1) is 15.2. The van der Waals surface area contributed by atoms with Gasteiger partial charge in [0.2, 0.25) is 5.91 Å². The summed E-state index contributed by atoms with van der Waals surface area (Å²) in [6.07, 6.45) is 2.50. The van der Waals surface area contributed by atoms with Gasteiger partial charge in [0, 0.05) is 29.9 Å². The van der Waals surface area contributed by atoms with Crippen LogP contribution in [-0.4, -0.2) is 27.5 Å². The molecule has 0 aliphatic heterocycles. The predicted octanol–water partition coefficient (Wildman–Crippen LogP) is 2.09. The molecular weight excluding hydrogens is 297 g/mol. The van der Waals surface area contributed by atoms with Gasteiger partial charge in [0.15, 0.2) is 0 Å². The van der Waals surface area contributed by atoms with Crippen LogP contribution in [-0.2, 0) is 11.2 Å². The molecule has 3 N–H and O–H groups in total. The number of hydrogen-bond donors (Lipinski definition) is 3. The smallest absolute Gasteiger partial charge is 0.224 e. The summed E-state index contributed by atoms with van der Waals surface area (Å²) in [5.74, 6) is -0.734. The second kappa shape index (κ2) is 6.58. The number of carbonyl (C=O) groups excluding carboxylic acids is 1. The Hall–Kier alpha value is -2.73. The first-order valence-electron chi connectivity index (χ1n) is 7.25. The third kappa shape index (κ3) is 3.37. The van der Waals surface area contributed by atoms with Crippen LogP contribution in [0.4, 0.5) is 4.39 Å². The zero-order chi connectivity index (χ0) is 16.2. The fourth-order valence-electron chi connectivity index (χ4n) is 2.46. The number of nitrogens with zero attached hydrogens (tertiary/aromatic N) is 1. The van der Waals surface area contributed by atoms with Gasteiger partial charge in [0.05, 0.1) is 12.5 Å². The van der Waals surface area contributed by atoms with E-state index in [1.54, 1.807) is 30.6 Å². The monoisotopic (exact) mass is 313 g/mol. The number of fused-ring (bicyclic) bond motifs is 1. The van der Waals surface area contributed by atoms with Gasteiger partial charge in [-0.05, 0) is 23.8 Å². The minimum atomic E-state index is -1.08. The van der Waals surface area contributed by atoms with Gasteiger partial charge in [-0.25, -0.2) is 9.37 Å². The number of benzene rings is 1. The van der Waals surface area contributed by atoms with Crippen molar-refractivity contribution in [3.8, 4) is 0 Å². The van der Waals surface area contributed by atoms with E-state index in [0.29, 0.717) is 0 Å². The summed E-state index contributed by atoms with van der Waals surface area (Å²) in [6.45, 7) is -0.0413. The van der Waals surface area contributed by atoms with Gasteiger partial charge in [-0.15, -0.1) is 0 Å². The molecule has 0 fully saturated rings. The lowest BCUT2D eigenvalue weighted by Crippen LogP contribution is -2.29. The zero-order valence-corrected chi connectivity index (χ0v) is 12.3. The van der Waals surface area contributed by atoms with E-state index in [-0.39, 0.29) is 24.4 Å². The van der Waals surface area contributed by atoms with Crippen LogP contribution in [0, 0.1) is 5.82 Å². The van der Waals surface area contributed by atoms with Crippen molar-refractivity contribution in [2.45, 2.75) is 12.5 Å². The first-order valence-corrected chi connectivity index (χ1v) is 7.25. The Balaban J connectivity index is 1.61. The van der Waals surface area contributed by atoms with E-state index in [2.05, 4.69) is 15.3 Å². The molecule has 1 amide bonds. The normalized spacial score (nSPS) is 12.3. The van der Waals surface area contributed by atoms with E-state index in [9.17, 15) is 14.3 Å². The molecule has 3 aromatic rings. The number of nitrogens with one attached hydrogen (secondary N) is 2. The highest BCUT2D eigenvalue weighted by molar-refractivity contribution is 5.87. The molecule has 1 atom stereocenters. The quantitative estimate of drug-likeness (QED) is 0.675. The lowest BCUT2D eigenvalue weighted by atomic mass is 10.1. The van der Waals surface area contributed by atoms with E-state index < -0.39 is 11.9 Å². The lowest BCUT2D eigenvalue weighted by molar-refractivity contribution is -0.120. The number of aliphatic hydroxyl groups is 1. The number of rotatable bonds is 5. The minimum absolute atomic E-state index is 0.0413. The van der Waals surface area contributed by atoms with Crippen LogP contribution in [0.1, 0.15) is 17.2 Å². The maximum Gasteiger partial charge on any atom is 0.224 e. The molecule has 0 aliphatic carbocycles. The molecule has 0 saturated carbocycles. The van der Waals surface area contributed by atoms with Crippen LogP contribution in [0.2, 0.25) is 0 Å². The number of H-pyrrole nitrogens is 1. The standard InChI is InChI=1S/C17H16FN3O2/c18-14-6-2-1-4-13(14)15(22)10-20-16(23)8-11-9-21-17-12(11)5-3-7-19-17/h1-7,9,15,22H,8,10H2,(H,19,21)(H,20,23)/t15-/m1/s1. The number of hydrogen-bond acceptors (Lipinski definition) is 3. The van der Waals surface area contributed by atoms with Crippen molar-refractivity contribution in [3.05, 3.63) is 65.7 Å². The maximum absolute atomic E-state index is 13.6. The Morgan fingerprint density at radius 1 is 1.30 bits per heavy atom. The van der Waals surface area contributed by atoms with Crippen molar-refractivity contribution in [1.29, 1.82) is 0 Å². The van der Waals surface area contributed by atoms with Crippen molar-refractivity contribution in [2.75, 3.05) is 6.54 Å². The van der Waals surface area contributed by atoms with Crippen molar-refractivity contribution in [3.63, 3.8) is 0 Å². The molecule has 0 aliphatic rings. The summed E-state index contributed by atoms with van der Waals surface area (Å²) in [6, 6.07) is 9.66. The largest absolute Gasteiger partial charge is 0.386 e. The van der Waals surface area contributed by atoms with E-state index in [1.165, 1.54) is 12.1 Å². The van der Waals surface area contributed by atoms with Crippen LogP contribution in [0.25, 0.3) is 11.0 Å². The molecule has 1 aromatic carbocycles. The van der Waals surface area contributed by atoms with Gasteiger partial charge in [0.25, 0.3) is 0 Å². The predicted molar refractivity (Wildman–Crippen MR) is 84.2 cm³/mol. The Kier molecular flexibility index (Phi) is 4.34. The maximum atomic E-state index is 13.6. The average molecular weight is 313 g/mol. The van der Waals surface area contributed by atoms with Crippen LogP contribution in [0.15, 0.2) is 48.8 Å². The molecule has 2 aromatic heterocycles. The van der Waals surface area contributed by atoms with Gasteiger partial charge in [-0.2, -0.15) is 0 Å². The molecule has 5 nitrogen and oxygen atoms in total. The van der Waals surface area contributed by atoms with Gasteiger partial charge >= 0.3 is 0 Å². The van der Waals surface area contributed by atoms with Crippen LogP contribution >= 0.6 is 0 Å². The van der Waals surface area contributed by atoms with Crippen LogP contribution in [0.3, 0.4) is 0 Å². The Morgan fingerprint density at radius 2 is 2.13 bits per heavy atom. The third-order valence-corrected chi connectivity index (χ3v) is 3.64. The highest BCUT2D eigenvalue weighted by Crippen LogP contribution is 2.17. The number of halogens is 1. The lowest BCUT2D eigenvalue weighted by Gasteiger charge is -2.13. The molecule has 3 rings (SSSR count). The van der Waals surface area contributed by atoms with E-state index in [0.717, 1.165) is 16.6 Å². The highest BCUT2D eigenvalue weighted by Gasteiger charge is 2.14. The Bertz CT molecular complexity index is 831. The fraction of sp³-hybridized carbons (Fsp3) is 0.176. The second-order valence-corrected chi connectivity index (χ2v) is 5.23. The summed E-state index contributed by atoms with van der Waals surface area (Å²) < 4.78 is 13.6. The van der Waals surface area contributed by atoms with Crippen molar-refractivity contribution in [2.24, 2.45) is 0 Å². The summed E-state index contributed by atoms with van der Waals surface area (Å²) >= 11 is 0. The molecule has 2 heterocycles. The summed E-state index contributed by atoms with van der Waals surface area (Å²) in [5.41, 5.74) is 1.72. The van der Waals surface area contributed by atoms with Crippen LogP contribution < -0.4 is 5.32 Å². The van der Waals surface area contributed by atoms with E-state index in [4.69, 9.17) is 0 Å². The molecular formula is C17H16FN3O2. The van der Waals surface area contributed by atoms with Crippen molar-refractivity contribution >= 4 is 16.9 Å². The number of pyridine rings is 1. The van der Waals surface area contributed by atoms with Crippen molar-refractivity contribution in [1.82, 2.24) is 15.3 Å². The molecule has 0 unspecified atom stereocenters. The summed E-state index contributed by atoms with van der Waals surface area (Å²) in [7, 11) is 0. The summed E-state index contributed by atoms with van der Waals surface area (Å²) in [5, 5.41) is 13.5. The second-order valence-electron chi connectivity index (χ2n) is 5.23. The first-order chi connectivity index (χ1) is 11.1. The Morgan fingerprint density at radius 3 is 2.96 bits per heavy atom. The molecule has 23 heavy (non-hydrogen) atoms. The molecule has 0 bridgehead atoms. The average Bonchev–Trinajstić information content (AvgIpc) is 2.96. The van der Waals surface area contributed by atoms with Gasteiger partial charge < -0.3 is 15.4 Å². The number of aromatic amines is 1. The van der Waals surface area contributed by atoms with Crippen molar-refractivity contribution < 1.29 is 14.3 Å². The molecule has 0 spiro atoms. The SMILES string of the molecule is O=C(Cc1c[nH]c2ncccc12)NC[C@@H](O)c1ccccc1F. The Labute approximate surface area is 132 Å². The van der Waals surface area contributed by atoms with E-state index in [1.807, 2.05) is 6.07 Å². The van der Waals surface area contributed by atoms with Gasteiger partial charge in [-0.3, -0.25) is 4.79 Å².